The van der Waals surface area contributed by atoms with Crippen molar-refractivity contribution in [2.75, 3.05) is 11.4 Å². The molecule has 1 unspecified atom stereocenters. The lowest BCUT2D eigenvalue weighted by molar-refractivity contribution is 0.577. The Morgan fingerprint density at radius 2 is 1.90 bits per heavy atom. The molecule has 0 spiro atoms. The van der Waals surface area contributed by atoms with Crippen LogP contribution in [0.15, 0.2) is 18.2 Å². The van der Waals surface area contributed by atoms with Crippen LogP contribution in [0.4, 0.5) is 10.1 Å². The second kappa shape index (κ2) is 8.25. The zero-order valence-corrected chi connectivity index (χ0v) is 13.3. The highest BCUT2D eigenvalue weighted by atomic mass is 19.1. The van der Waals surface area contributed by atoms with Crippen molar-refractivity contribution in [1.29, 1.82) is 0 Å². The van der Waals surface area contributed by atoms with Crippen LogP contribution in [-0.4, -0.2) is 18.6 Å². The van der Waals surface area contributed by atoms with Crippen molar-refractivity contribution in [1.82, 2.24) is 0 Å². The van der Waals surface area contributed by atoms with Gasteiger partial charge in [-0.2, -0.15) is 0 Å². The number of unbranched alkanes of at least 4 members (excludes halogenated alkanes) is 2. The lowest BCUT2D eigenvalue weighted by Gasteiger charge is -2.31. The number of halogens is 1. The van der Waals surface area contributed by atoms with Crippen molar-refractivity contribution in [3.8, 4) is 0 Å². The number of benzene rings is 1. The standard InChI is InChI=1S/C17H29FN2/c1-5-6-7-11-20(13(2)3)17-15(12-14(4)19)9-8-10-16(17)18/h8-10,13-14H,5-7,11-12,19H2,1-4H3. The summed E-state index contributed by atoms with van der Waals surface area (Å²) in [6.07, 6.45) is 4.17. The van der Waals surface area contributed by atoms with E-state index in [9.17, 15) is 4.39 Å². The van der Waals surface area contributed by atoms with Crippen molar-refractivity contribution in [2.45, 2.75) is 65.5 Å². The highest BCUT2D eigenvalue weighted by Gasteiger charge is 2.18. The van der Waals surface area contributed by atoms with Gasteiger partial charge in [0.05, 0.1) is 5.69 Å². The predicted molar refractivity (Wildman–Crippen MR) is 85.8 cm³/mol. The molecule has 1 aromatic rings. The Labute approximate surface area is 123 Å². The van der Waals surface area contributed by atoms with Gasteiger partial charge in [0, 0.05) is 18.6 Å². The van der Waals surface area contributed by atoms with Crippen LogP contribution in [0.25, 0.3) is 0 Å². The average Bonchev–Trinajstić information content (AvgIpc) is 2.35. The summed E-state index contributed by atoms with van der Waals surface area (Å²) in [5, 5.41) is 0. The second-order valence-electron chi connectivity index (χ2n) is 5.92. The van der Waals surface area contributed by atoms with Crippen LogP contribution >= 0.6 is 0 Å². The molecule has 0 aliphatic carbocycles. The molecule has 3 heteroatoms. The largest absolute Gasteiger partial charge is 0.367 e. The molecule has 2 N–H and O–H groups in total. The van der Waals surface area contributed by atoms with Crippen LogP contribution in [0.5, 0.6) is 0 Å². The van der Waals surface area contributed by atoms with E-state index in [-0.39, 0.29) is 17.9 Å². The van der Waals surface area contributed by atoms with Gasteiger partial charge in [-0.15, -0.1) is 0 Å². The average molecular weight is 280 g/mol. The summed E-state index contributed by atoms with van der Waals surface area (Å²) in [4.78, 5) is 2.18. The van der Waals surface area contributed by atoms with Gasteiger partial charge in [0.25, 0.3) is 0 Å². The molecule has 0 radical (unpaired) electrons. The van der Waals surface area contributed by atoms with Gasteiger partial charge < -0.3 is 10.6 Å². The SMILES string of the molecule is CCCCCN(c1c(F)cccc1CC(C)N)C(C)C. The van der Waals surface area contributed by atoms with Crippen molar-refractivity contribution in [3.05, 3.63) is 29.6 Å². The van der Waals surface area contributed by atoms with E-state index in [2.05, 4.69) is 25.7 Å². The number of nitrogens with two attached hydrogens (primary N) is 1. The van der Waals surface area contributed by atoms with Crippen molar-refractivity contribution >= 4 is 5.69 Å². The monoisotopic (exact) mass is 280 g/mol. The first kappa shape index (κ1) is 17.0. The highest BCUT2D eigenvalue weighted by Crippen LogP contribution is 2.27. The van der Waals surface area contributed by atoms with E-state index in [1.807, 2.05) is 13.0 Å². The van der Waals surface area contributed by atoms with Gasteiger partial charge in [-0.25, -0.2) is 4.39 Å². The number of hydrogen-bond acceptors (Lipinski definition) is 2. The molecule has 0 bridgehead atoms. The van der Waals surface area contributed by atoms with E-state index in [1.165, 1.54) is 12.8 Å². The first-order valence-corrected chi connectivity index (χ1v) is 7.77. The summed E-state index contributed by atoms with van der Waals surface area (Å²) in [5.74, 6) is -0.131. The van der Waals surface area contributed by atoms with Gasteiger partial charge in [0.15, 0.2) is 0 Å². The summed E-state index contributed by atoms with van der Waals surface area (Å²) in [6.45, 7) is 9.29. The van der Waals surface area contributed by atoms with Crippen LogP contribution in [-0.2, 0) is 6.42 Å². The zero-order valence-electron chi connectivity index (χ0n) is 13.3. The molecule has 1 rings (SSSR count). The third-order valence-electron chi connectivity index (χ3n) is 3.53. The third-order valence-corrected chi connectivity index (χ3v) is 3.53. The molecule has 0 saturated carbocycles. The Morgan fingerprint density at radius 3 is 2.45 bits per heavy atom. The summed E-state index contributed by atoms with van der Waals surface area (Å²) >= 11 is 0. The van der Waals surface area contributed by atoms with Gasteiger partial charge in [0.2, 0.25) is 0 Å². The lowest BCUT2D eigenvalue weighted by atomic mass is 10.0. The number of nitrogens with zero attached hydrogens (tertiary/aromatic N) is 1. The van der Waals surface area contributed by atoms with Gasteiger partial charge in [-0.1, -0.05) is 31.9 Å². The van der Waals surface area contributed by atoms with E-state index in [0.717, 1.165) is 24.2 Å². The Bertz CT molecular complexity index is 402. The van der Waals surface area contributed by atoms with Crippen molar-refractivity contribution < 1.29 is 4.39 Å². The van der Waals surface area contributed by atoms with Gasteiger partial charge in [0.1, 0.15) is 5.82 Å². The first-order valence-electron chi connectivity index (χ1n) is 7.77. The fraction of sp³-hybridized carbons (Fsp3) is 0.647. The van der Waals surface area contributed by atoms with Gasteiger partial charge >= 0.3 is 0 Å². The molecule has 0 aliphatic heterocycles. The normalized spacial score (nSPS) is 12.8. The second-order valence-corrected chi connectivity index (χ2v) is 5.92. The van der Waals surface area contributed by atoms with Crippen LogP contribution in [0.1, 0.15) is 52.5 Å². The van der Waals surface area contributed by atoms with Crippen LogP contribution < -0.4 is 10.6 Å². The highest BCUT2D eigenvalue weighted by molar-refractivity contribution is 5.56. The fourth-order valence-electron chi connectivity index (χ4n) is 2.55. The molecule has 20 heavy (non-hydrogen) atoms. The molecule has 1 atom stereocenters. The van der Waals surface area contributed by atoms with Crippen LogP contribution in [0, 0.1) is 5.82 Å². The zero-order chi connectivity index (χ0) is 15.1. The molecular formula is C17H29FN2. The molecule has 0 saturated heterocycles. The minimum atomic E-state index is -0.131. The van der Waals surface area contributed by atoms with E-state index < -0.39 is 0 Å². The van der Waals surface area contributed by atoms with Crippen LogP contribution in [0.3, 0.4) is 0 Å². The van der Waals surface area contributed by atoms with Gasteiger partial charge in [-0.05, 0) is 45.2 Å². The minimum Gasteiger partial charge on any atom is -0.367 e. The molecule has 0 amide bonds. The smallest absolute Gasteiger partial charge is 0.146 e. The first-order chi connectivity index (χ1) is 9.47. The van der Waals surface area contributed by atoms with Crippen molar-refractivity contribution in [2.24, 2.45) is 5.73 Å². The fourth-order valence-corrected chi connectivity index (χ4v) is 2.55. The topological polar surface area (TPSA) is 29.3 Å². The molecule has 1 aromatic carbocycles. The van der Waals surface area contributed by atoms with Crippen LogP contribution in [0.2, 0.25) is 0 Å². The molecule has 114 valence electrons. The Hall–Kier alpha value is -1.09. The Morgan fingerprint density at radius 1 is 1.20 bits per heavy atom. The quantitative estimate of drug-likeness (QED) is 0.726. The minimum absolute atomic E-state index is 0.0419. The maximum atomic E-state index is 14.3. The van der Waals surface area contributed by atoms with Crippen molar-refractivity contribution in [3.63, 3.8) is 0 Å². The predicted octanol–water partition coefficient (Wildman–Crippen LogP) is 4.12. The number of anilines is 1. The number of rotatable bonds is 8. The molecular weight excluding hydrogens is 251 g/mol. The summed E-state index contributed by atoms with van der Waals surface area (Å²) in [7, 11) is 0. The van der Waals surface area contributed by atoms with Gasteiger partial charge in [-0.3, -0.25) is 0 Å². The van der Waals surface area contributed by atoms with E-state index in [4.69, 9.17) is 5.73 Å². The summed E-state index contributed by atoms with van der Waals surface area (Å²) in [6, 6.07) is 5.66. The summed E-state index contributed by atoms with van der Waals surface area (Å²) in [5.41, 5.74) is 7.67. The summed E-state index contributed by atoms with van der Waals surface area (Å²) < 4.78 is 14.3. The van der Waals surface area contributed by atoms with E-state index in [0.29, 0.717) is 6.42 Å². The van der Waals surface area contributed by atoms with E-state index >= 15 is 0 Å². The maximum Gasteiger partial charge on any atom is 0.146 e. The molecule has 2 nitrogen and oxygen atoms in total. The Balaban J connectivity index is 3.04. The lowest BCUT2D eigenvalue weighted by Crippen LogP contribution is -2.34. The third kappa shape index (κ3) is 4.78. The molecule has 0 fully saturated rings. The Kier molecular flexibility index (Phi) is 7.00. The number of para-hydroxylation sites is 1. The maximum absolute atomic E-state index is 14.3. The van der Waals surface area contributed by atoms with E-state index in [1.54, 1.807) is 12.1 Å². The number of hydrogen-bond donors (Lipinski definition) is 1. The molecule has 0 heterocycles. The molecule has 0 aromatic heterocycles. The molecule has 0 aliphatic rings.